The molecule has 0 spiro atoms. The Morgan fingerprint density at radius 2 is 2.07 bits per heavy atom. The van der Waals surface area contributed by atoms with Crippen molar-refractivity contribution in [1.82, 2.24) is 0 Å². The molecule has 0 fully saturated rings. The van der Waals surface area contributed by atoms with Crippen LogP contribution in [-0.2, 0) is 14.4 Å². The number of carbonyl (C=O) groups is 1. The van der Waals surface area contributed by atoms with Gasteiger partial charge in [-0.25, -0.2) is 4.79 Å². The third kappa shape index (κ3) is 3.42. The number of nitrogens with zero attached hydrogens (tertiary/aromatic N) is 2. The Labute approximate surface area is 82.2 Å². The van der Waals surface area contributed by atoms with Crippen LogP contribution in [0.3, 0.4) is 0 Å². The highest BCUT2D eigenvalue weighted by Gasteiger charge is 2.19. The van der Waals surface area contributed by atoms with Gasteiger partial charge < -0.3 is 14.8 Å². The van der Waals surface area contributed by atoms with Gasteiger partial charge in [-0.15, -0.1) is 0 Å². The van der Waals surface area contributed by atoms with Crippen molar-refractivity contribution in [2.45, 2.75) is 20.3 Å². The Hall–Kier alpha value is -1.59. The molecule has 1 N–H and O–H groups in total. The van der Waals surface area contributed by atoms with Gasteiger partial charge in [0.15, 0.2) is 0 Å². The van der Waals surface area contributed by atoms with E-state index in [1.165, 1.54) is 7.11 Å². The molecule has 0 aliphatic carbocycles. The first kappa shape index (κ1) is 12.4. The average Bonchev–Trinajstić information content (AvgIpc) is 2.18. The van der Waals surface area contributed by atoms with E-state index in [-0.39, 0.29) is 18.0 Å². The molecule has 0 radical (unpaired) electrons. The van der Waals surface area contributed by atoms with Gasteiger partial charge in [-0.2, -0.15) is 0 Å². The van der Waals surface area contributed by atoms with Gasteiger partial charge in [0, 0.05) is 0 Å². The second-order valence-electron chi connectivity index (χ2n) is 2.24. The van der Waals surface area contributed by atoms with E-state index in [4.69, 9.17) is 5.21 Å². The molecule has 0 saturated carbocycles. The summed E-state index contributed by atoms with van der Waals surface area (Å²) in [6, 6.07) is 0. The number of esters is 1. The van der Waals surface area contributed by atoms with Crippen molar-refractivity contribution >= 4 is 17.4 Å². The zero-order valence-corrected chi connectivity index (χ0v) is 8.48. The molecule has 0 unspecified atom stereocenters. The summed E-state index contributed by atoms with van der Waals surface area (Å²) in [5.74, 6) is -0.715. The Morgan fingerprint density at radius 3 is 2.43 bits per heavy atom. The van der Waals surface area contributed by atoms with Crippen LogP contribution in [0.15, 0.2) is 10.3 Å². The Balaban J connectivity index is 4.71. The summed E-state index contributed by atoms with van der Waals surface area (Å²) in [6.45, 7) is 3.62. The number of carbonyl (C=O) groups excluding carboxylic acids is 1. The number of hydrogen-bond donors (Lipinski definition) is 1. The fourth-order valence-corrected chi connectivity index (χ4v) is 0.801. The molecule has 80 valence electrons. The van der Waals surface area contributed by atoms with Gasteiger partial charge in [-0.3, -0.25) is 0 Å². The van der Waals surface area contributed by atoms with Crippen LogP contribution in [0.4, 0.5) is 0 Å². The van der Waals surface area contributed by atoms with Crippen LogP contribution in [0.5, 0.6) is 0 Å². The topological polar surface area (TPSA) is 80.5 Å². The van der Waals surface area contributed by atoms with Crippen LogP contribution in [0, 0.1) is 0 Å². The monoisotopic (exact) mass is 202 g/mol. The van der Waals surface area contributed by atoms with Crippen LogP contribution >= 0.6 is 0 Å². The van der Waals surface area contributed by atoms with Crippen molar-refractivity contribution in [2.75, 3.05) is 13.7 Å². The second-order valence-corrected chi connectivity index (χ2v) is 2.24. The molecule has 6 nitrogen and oxygen atoms in total. The maximum Gasteiger partial charge on any atom is 0.362 e. The first-order chi connectivity index (χ1) is 6.71. The summed E-state index contributed by atoms with van der Waals surface area (Å²) >= 11 is 0. The zero-order valence-electron chi connectivity index (χ0n) is 8.48. The number of hydrogen-bond acceptors (Lipinski definition) is 6. The fraction of sp³-hybridized carbons (Fsp3) is 0.625. The van der Waals surface area contributed by atoms with Gasteiger partial charge in [-0.05, 0) is 13.3 Å². The highest BCUT2D eigenvalue weighted by atomic mass is 16.6. The number of oxime groups is 2. The summed E-state index contributed by atoms with van der Waals surface area (Å²) in [5.41, 5.74) is 0.0182. The van der Waals surface area contributed by atoms with E-state index in [1.54, 1.807) is 13.8 Å². The van der Waals surface area contributed by atoms with Gasteiger partial charge in [0.05, 0.1) is 6.61 Å². The number of rotatable bonds is 5. The van der Waals surface area contributed by atoms with E-state index in [0.29, 0.717) is 6.42 Å². The molecule has 0 rings (SSSR count). The molecular weight excluding hydrogens is 188 g/mol. The molecule has 0 aromatic heterocycles. The van der Waals surface area contributed by atoms with Crippen molar-refractivity contribution in [2.24, 2.45) is 10.3 Å². The summed E-state index contributed by atoms with van der Waals surface area (Å²) in [4.78, 5) is 15.7. The minimum absolute atomic E-state index is 0.210. The van der Waals surface area contributed by atoms with E-state index >= 15 is 0 Å². The summed E-state index contributed by atoms with van der Waals surface area (Å²) < 4.78 is 4.66. The van der Waals surface area contributed by atoms with Crippen LogP contribution in [0.2, 0.25) is 0 Å². The van der Waals surface area contributed by atoms with E-state index in [9.17, 15) is 4.79 Å². The normalized spacial score (nSPS) is 12.5. The Kier molecular flexibility index (Phi) is 6.09. The van der Waals surface area contributed by atoms with Crippen molar-refractivity contribution in [1.29, 1.82) is 0 Å². The highest BCUT2D eigenvalue weighted by Crippen LogP contribution is 1.95. The first-order valence-corrected chi connectivity index (χ1v) is 4.20. The molecule has 0 amide bonds. The third-order valence-corrected chi connectivity index (χ3v) is 1.38. The van der Waals surface area contributed by atoms with Crippen LogP contribution < -0.4 is 0 Å². The molecule has 0 aromatic rings. The SMILES string of the molecule is CCOC(=O)C(=NO)C(CC)=NOC. The highest BCUT2D eigenvalue weighted by molar-refractivity contribution is 6.65. The summed E-state index contributed by atoms with van der Waals surface area (Å²) in [6.07, 6.45) is 0.409. The van der Waals surface area contributed by atoms with E-state index in [0.717, 1.165) is 0 Å². The van der Waals surface area contributed by atoms with Gasteiger partial charge in [0.1, 0.15) is 12.8 Å². The maximum atomic E-state index is 11.2. The predicted octanol–water partition coefficient (Wildman–Crippen LogP) is 0.792. The first-order valence-electron chi connectivity index (χ1n) is 4.20. The minimum Gasteiger partial charge on any atom is -0.461 e. The maximum absolute atomic E-state index is 11.2. The molecule has 6 heteroatoms. The van der Waals surface area contributed by atoms with Crippen LogP contribution in [0.1, 0.15) is 20.3 Å². The Morgan fingerprint density at radius 1 is 1.43 bits per heavy atom. The van der Waals surface area contributed by atoms with E-state index in [2.05, 4.69) is 19.9 Å². The fourth-order valence-electron chi connectivity index (χ4n) is 0.801. The lowest BCUT2D eigenvalue weighted by Gasteiger charge is -2.04. The lowest BCUT2D eigenvalue weighted by Crippen LogP contribution is -2.26. The van der Waals surface area contributed by atoms with E-state index < -0.39 is 5.97 Å². The van der Waals surface area contributed by atoms with Gasteiger partial charge >= 0.3 is 5.97 Å². The van der Waals surface area contributed by atoms with Crippen LogP contribution in [0.25, 0.3) is 0 Å². The molecule has 14 heavy (non-hydrogen) atoms. The quantitative estimate of drug-likeness (QED) is 0.309. The summed E-state index contributed by atoms with van der Waals surface area (Å²) in [5, 5.41) is 15.0. The zero-order chi connectivity index (χ0) is 11.0. The van der Waals surface area contributed by atoms with Crippen molar-refractivity contribution < 1.29 is 19.6 Å². The lowest BCUT2D eigenvalue weighted by molar-refractivity contribution is -0.134. The molecule has 0 heterocycles. The third-order valence-electron chi connectivity index (χ3n) is 1.38. The molecular formula is C8H14N2O4. The predicted molar refractivity (Wildman–Crippen MR) is 50.6 cm³/mol. The lowest BCUT2D eigenvalue weighted by atomic mass is 10.2. The van der Waals surface area contributed by atoms with Crippen molar-refractivity contribution in [3.8, 4) is 0 Å². The summed E-state index contributed by atoms with van der Waals surface area (Å²) in [7, 11) is 1.34. The molecule has 0 aliphatic heterocycles. The smallest absolute Gasteiger partial charge is 0.362 e. The van der Waals surface area contributed by atoms with E-state index in [1.807, 2.05) is 0 Å². The number of ether oxygens (including phenoxy) is 1. The molecule has 0 aromatic carbocycles. The van der Waals surface area contributed by atoms with Crippen molar-refractivity contribution in [3.63, 3.8) is 0 Å². The van der Waals surface area contributed by atoms with Crippen molar-refractivity contribution in [3.05, 3.63) is 0 Å². The Bertz CT molecular complexity index is 248. The minimum atomic E-state index is -0.715. The molecule has 0 atom stereocenters. The van der Waals surface area contributed by atoms with Gasteiger partial charge in [0.25, 0.3) is 0 Å². The molecule has 0 saturated heterocycles. The van der Waals surface area contributed by atoms with Crippen LogP contribution in [-0.4, -0.2) is 36.3 Å². The average molecular weight is 202 g/mol. The van der Waals surface area contributed by atoms with Gasteiger partial charge in [0.2, 0.25) is 5.71 Å². The largest absolute Gasteiger partial charge is 0.461 e. The molecule has 0 aliphatic rings. The van der Waals surface area contributed by atoms with Gasteiger partial charge in [-0.1, -0.05) is 17.2 Å². The standard InChI is InChI=1S/C8H14N2O4/c1-4-6(10-13-3)7(9-12)8(11)14-5-2/h12H,4-5H2,1-3H3. The molecule has 0 bridgehead atoms. The second kappa shape index (κ2) is 6.88.